The molecule has 0 radical (unpaired) electrons. The van der Waals surface area contributed by atoms with Gasteiger partial charge in [-0.15, -0.1) is 0 Å². The summed E-state index contributed by atoms with van der Waals surface area (Å²) in [7, 11) is 0. The van der Waals surface area contributed by atoms with Crippen LogP contribution < -0.4 is 11.1 Å². The van der Waals surface area contributed by atoms with Gasteiger partial charge in [-0.1, -0.05) is 0 Å². The zero-order chi connectivity index (χ0) is 23.0. The SMILES string of the molecule is CC(=O)NC1C(OC(C)=O)[C@H](OC(C)=O)C(COC(C)=O)O[C@H]1OC[C@H](N)C(=O)O. The van der Waals surface area contributed by atoms with E-state index in [0.29, 0.717) is 0 Å². The second kappa shape index (κ2) is 11.4. The number of carboxylic acid groups (broad SMARTS) is 1. The van der Waals surface area contributed by atoms with Crippen molar-refractivity contribution in [1.29, 1.82) is 0 Å². The first-order valence-corrected chi connectivity index (χ1v) is 8.92. The molecule has 6 atom stereocenters. The molecule has 1 aliphatic rings. The molecule has 0 aromatic carbocycles. The molecule has 0 aliphatic carbocycles. The summed E-state index contributed by atoms with van der Waals surface area (Å²) in [6.45, 7) is 3.62. The minimum absolute atomic E-state index is 0.400. The summed E-state index contributed by atoms with van der Waals surface area (Å²) in [6.07, 6.45) is -5.08. The first kappa shape index (κ1) is 25.3. The maximum atomic E-state index is 11.7. The Labute approximate surface area is 172 Å². The van der Waals surface area contributed by atoms with Gasteiger partial charge in [0.1, 0.15) is 24.8 Å². The number of hydrogen-bond acceptors (Lipinski definition) is 11. The monoisotopic (exact) mass is 434 g/mol. The first-order chi connectivity index (χ1) is 13.9. The highest BCUT2D eigenvalue weighted by Gasteiger charge is 2.51. The van der Waals surface area contributed by atoms with Crippen LogP contribution in [0.5, 0.6) is 0 Å². The van der Waals surface area contributed by atoms with Crippen molar-refractivity contribution < 1.29 is 52.8 Å². The van der Waals surface area contributed by atoms with Crippen LogP contribution >= 0.6 is 0 Å². The minimum atomic E-state index is -1.41. The molecule has 1 heterocycles. The first-order valence-electron chi connectivity index (χ1n) is 8.92. The molecule has 13 nitrogen and oxygen atoms in total. The molecule has 1 amide bonds. The summed E-state index contributed by atoms with van der Waals surface area (Å²) in [5, 5.41) is 11.4. The Bertz CT molecular complexity index is 668. The number of carboxylic acids is 1. The van der Waals surface area contributed by atoms with Gasteiger partial charge in [0.2, 0.25) is 5.91 Å². The molecular weight excluding hydrogens is 408 g/mol. The number of carbonyl (C=O) groups excluding carboxylic acids is 4. The average molecular weight is 434 g/mol. The van der Waals surface area contributed by atoms with E-state index in [4.69, 9.17) is 34.5 Å². The smallest absolute Gasteiger partial charge is 0.322 e. The number of rotatable bonds is 9. The average Bonchev–Trinajstić information content (AvgIpc) is 2.60. The molecule has 1 fully saturated rings. The number of nitrogens with two attached hydrogens (primary N) is 1. The van der Waals surface area contributed by atoms with Crippen LogP contribution in [0.3, 0.4) is 0 Å². The summed E-state index contributed by atoms with van der Waals surface area (Å²) in [4.78, 5) is 57.1. The molecule has 1 rings (SSSR count). The van der Waals surface area contributed by atoms with Crippen molar-refractivity contribution in [3.05, 3.63) is 0 Å². The molecule has 170 valence electrons. The summed E-state index contributed by atoms with van der Waals surface area (Å²) in [5.41, 5.74) is 5.43. The van der Waals surface area contributed by atoms with Crippen molar-refractivity contribution >= 4 is 29.8 Å². The van der Waals surface area contributed by atoms with E-state index in [1.54, 1.807) is 0 Å². The van der Waals surface area contributed by atoms with Crippen LogP contribution in [-0.4, -0.2) is 84.8 Å². The third kappa shape index (κ3) is 7.93. The van der Waals surface area contributed by atoms with E-state index in [1.807, 2.05) is 0 Å². The van der Waals surface area contributed by atoms with Gasteiger partial charge in [-0.2, -0.15) is 0 Å². The van der Waals surface area contributed by atoms with E-state index in [9.17, 15) is 24.0 Å². The normalized spacial score (nSPS) is 26.8. The van der Waals surface area contributed by atoms with Crippen LogP contribution in [0.25, 0.3) is 0 Å². The van der Waals surface area contributed by atoms with Gasteiger partial charge >= 0.3 is 23.9 Å². The molecule has 1 saturated heterocycles. The highest BCUT2D eigenvalue weighted by atomic mass is 16.7. The lowest BCUT2D eigenvalue weighted by Crippen LogP contribution is -2.66. The lowest BCUT2D eigenvalue weighted by Gasteiger charge is -2.45. The number of esters is 3. The molecule has 30 heavy (non-hydrogen) atoms. The Morgan fingerprint density at radius 1 is 1.00 bits per heavy atom. The van der Waals surface area contributed by atoms with E-state index in [-0.39, 0.29) is 0 Å². The van der Waals surface area contributed by atoms with Crippen molar-refractivity contribution in [3.8, 4) is 0 Å². The van der Waals surface area contributed by atoms with Gasteiger partial charge in [0, 0.05) is 27.7 Å². The predicted molar refractivity (Wildman–Crippen MR) is 95.6 cm³/mol. The van der Waals surface area contributed by atoms with Gasteiger partial charge in [-0.05, 0) is 0 Å². The Morgan fingerprint density at radius 3 is 2.03 bits per heavy atom. The maximum Gasteiger partial charge on any atom is 0.322 e. The van der Waals surface area contributed by atoms with Crippen molar-refractivity contribution in [2.45, 2.75) is 64.4 Å². The van der Waals surface area contributed by atoms with Crippen molar-refractivity contribution in [1.82, 2.24) is 5.32 Å². The van der Waals surface area contributed by atoms with Crippen LogP contribution in [0.15, 0.2) is 0 Å². The quantitative estimate of drug-likeness (QED) is 0.269. The van der Waals surface area contributed by atoms with Crippen molar-refractivity contribution in [2.24, 2.45) is 5.73 Å². The number of hydrogen-bond donors (Lipinski definition) is 3. The molecule has 3 unspecified atom stereocenters. The Hall–Kier alpha value is -2.77. The molecule has 0 bridgehead atoms. The number of amides is 1. The molecule has 0 aromatic rings. The molecule has 13 heteroatoms. The fourth-order valence-corrected chi connectivity index (χ4v) is 2.70. The number of nitrogens with one attached hydrogen (secondary N) is 1. The molecule has 1 aliphatic heterocycles. The van der Waals surface area contributed by atoms with E-state index in [0.717, 1.165) is 20.8 Å². The molecular formula is C17H26N2O11. The van der Waals surface area contributed by atoms with E-state index in [1.165, 1.54) is 6.92 Å². The largest absolute Gasteiger partial charge is 0.480 e. The number of ether oxygens (including phenoxy) is 5. The summed E-state index contributed by atoms with van der Waals surface area (Å²) in [6, 6.07) is -2.60. The Kier molecular flexibility index (Phi) is 9.62. The third-order valence-corrected chi connectivity index (χ3v) is 3.83. The highest BCUT2D eigenvalue weighted by molar-refractivity contribution is 5.74. The predicted octanol–water partition coefficient (Wildman–Crippen LogP) is -1.93. The third-order valence-electron chi connectivity index (χ3n) is 3.83. The highest BCUT2D eigenvalue weighted by Crippen LogP contribution is 2.28. The zero-order valence-corrected chi connectivity index (χ0v) is 17.0. The standard InChI is InChI=1S/C17H26N2O11/c1-7(20)19-13-15(29-10(4)23)14(28-9(3)22)12(6-26-8(2)21)30-17(13)27-5-11(18)16(24)25/h11-15,17H,5-6,18H2,1-4H3,(H,19,20)(H,24,25)/t11-,12?,13?,14+,15?,17+/m0/s1. The number of carbonyl (C=O) groups is 5. The lowest BCUT2D eigenvalue weighted by atomic mass is 9.96. The summed E-state index contributed by atoms with van der Waals surface area (Å²) in [5.74, 6) is -4.06. The second-order valence-corrected chi connectivity index (χ2v) is 6.50. The zero-order valence-electron chi connectivity index (χ0n) is 17.0. The molecule has 0 saturated carbocycles. The van der Waals surface area contributed by atoms with Gasteiger partial charge in [0.05, 0.1) is 6.61 Å². The van der Waals surface area contributed by atoms with Crippen LogP contribution in [0.2, 0.25) is 0 Å². The van der Waals surface area contributed by atoms with Gasteiger partial charge in [-0.25, -0.2) is 0 Å². The fraction of sp³-hybridized carbons (Fsp3) is 0.706. The van der Waals surface area contributed by atoms with Crippen LogP contribution in [0.4, 0.5) is 0 Å². The van der Waals surface area contributed by atoms with Crippen molar-refractivity contribution in [2.75, 3.05) is 13.2 Å². The second-order valence-electron chi connectivity index (χ2n) is 6.50. The van der Waals surface area contributed by atoms with Crippen LogP contribution in [0, 0.1) is 0 Å². The van der Waals surface area contributed by atoms with Crippen LogP contribution in [0.1, 0.15) is 27.7 Å². The van der Waals surface area contributed by atoms with Gasteiger partial charge in [-0.3, -0.25) is 24.0 Å². The van der Waals surface area contributed by atoms with Gasteiger partial charge in [0.25, 0.3) is 0 Å². The maximum absolute atomic E-state index is 11.7. The van der Waals surface area contributed by atoms with E-state index in [2.05, 4.69) is 5.32 Å². The minimum Gasteiger partial charge on any atom is -0.480 e. The fourth-order valence-electron chi connectivity index (χ4n) is 2.70. The van der Waals surface area contributed by atoms with Gasteiger partial charge in [0.15, 0.2) is 18.5 Å². The molecule has 4 N–H and O–H groups in total. The lowest BCUT2D eigenvalue weighted by molar-refractivity contribution is -0.278. The van der Waals surface area contributed by atoms with E-state index < -0.39 is 79.7 Å². The Morgan fingerprint density at radius 2 is 1.57 bits per heavy atom. The summed E-state index contributed by atoms with van der Waals surface area (Å²) >= 11 is 0. The van der Waals surface area contributed by atoms with Gasteiger partial charge < -0.3 is 39.8 Å². The topological polar surface area (TPSA) is 190 Å². The number of aliphatic carboxylic acids is 1. The van der Waals surface area contributed by atoms with E-state index >= 15 is 0 Å². The summed E-state index contributed by atoms with van der Waals surface area (Å²) < 4.78 is 26.5. The van der Waals surface area contributed by atoms with Crippen molar-refractivity contribution in [3.63, 3.8) is 0 Å². The molecule has 0 aromatic heterocycles. The Balaban J connectivity index is 3.27. The molecule has 0 spiro atoms. The van der Waals surface area contributed by atoms with Crippen LogP contribution in [-0.2, 0) is 47.7 Å².